The first-order valence-electron chi connectivity index (χ1n) is 9.72. The Morgan fingerprint density at radius 3 is 2.57 bits per heavy atom. The molecule has 148 valence electrons. The zero-order valence-electron chi connectivity index (χ0n) is 16.7. The summed E-state index contributed by atoms with van der Waals surface area (Å²) in [5.74, 6) is 2.59. The number of carbonyl (C=O) groups is 1. The largest absolute Gasteiger partial charge is 0.497 e. The van der Waals surface area contributed by atoms with Gasteiger partial charge in [0.1, 0.15) is 5.75 Å². The van der Waals surface area contributed by atoms with Gasteiger partial charge in [-0.15, -0.1) is 0 Å². The molecule has 0 bridgehead atoms. The monoisotopic (exact) mass is 381 g/mol. The molecule has 28 heavy (non-hydrogen) atoms. The molecule has 6 heteroatoms. The number of nitrogens with zero attached hydrogens (tertiary/aromatic N) is 3. The first-order chi connectivity index (χ1) is 13.6. The van der Waals surface area contributed by atoms with E-state index >= 15 is 0 Å². The van der Waals surface area contributed by atoms with Crippen LogP contribution in [0.5, 0.6) is 11.6 Å². The number of benzene rings is 1. The Morgan fingerprint density at radius 1 is 1.11 bits per heavy atom. The van der Waals surface area contributed by atoms with Crippen LogP contribution in [0.1, 0.15) is 24.1 Å². The standard InChI is InChI=1S/C22H27N3O3/c1-15(26)25-13-18-12-24(11-17-5-4-10-23-22(17)28-3)14-20(18)21(25)16-6-8-19(27-2)9-7-16/h4-10,18,20-21H,11-14H2,1-3H3/t18-,20-,21+/m1/s1. The Bertz CT molecular complexity index is 839. The average Bonchev–Trinajstić information content (AvgIpc) is 3.26. The van der Waals surface area contributed by atoms with E-state index in [9.17, 15) is 4.79 Å². The van der Waals surface area contributed by atoms with Gasteiger partial charge in [-0.05, 0) is 29.7 Å². The molecule has 2 aliphatic heterocycles. The van der Waals surface area contributed by atoms with Gasteiger partial charge in [0, 0.05) is 50.8 Å². The highest BCUT2D eigenvalue weighted by Crippen LogP contribution is 2.45. The van der Waals surface area contributed by atoms with Gasteiger partial charge in [0.25, 0.3) is 0 Å². The molecule has 0 aliphatic carbocycles. The molecule has 3 heterocycles. The predicted octanol–water partition coefficient (Wildman–Crippen LogP) is 2.75. The number of fused-ring (bicyclic) bond motifs is 1. The van der Waals surface area contributed by atoms with Crippen LogP contribution in [0, 0.1) is 11.8 Å². The Labute approximate surface area is 166 Å². The minimum absolute atomic E-state index is 0.120. The third-order valence-electron chi connectivity index (χ3n) is 6.04. The maximum atomic E-state index is 12.3. The molecule has 3 atom stereocenters. The highest BCUT2D eigenvalue weighted by atomic mass is 16.5. The number of hydrogen-bond acceptors (Lipinski definition) is 5. The number of carbonyl (C=O) groups excluding carboxylic acids is 1. The van der Waals surface area contributed by atoms with Crippen LogP contribution in [0.15, 0.2) is 42.6 Å². The summed E-state index contributed by atoms with van der Waals surface area (Å²) < 4.78 is 10.7. The van der Waals surface area contributed by atoms with Crippen molar-refractivity contribution < 1.29 is 14.3 Å². The maximum Gasteiger partial charge on any atom is 0.219 e. The molecule has 4 rings (SSSR count). The lowest BCUT2D eigenvalue weighted by molar-refractivity contribution is -0.130. The number of hydrogen-bond donors (Lipinski definition) is 0. The Hall–Kier alpha value is -2.60. The summed E-state index contributed by atoms with van der Waals surface area (Å²) in [5.41, 5.74) is 2.29. The van der Waals surface area contributed by atoms with Gasteiger partial charge in [-0.2, -0.15) is 0 Å². The van der Waals surface area contributed by atoms with Gasteiger partial charge in [-0.25, -0.2) is 4.98 Å². The lowest BCUT2D eigenvalue weighted by atomic mass is 9.89. The second kappa shape index (κ2) is 7.80. The van der Waals surface area contributed by atoms with Crippen LogP contribution in [-0.2, 0) is 11.3 Å². The van der Waals surface area contributed by atoms with Gasteiger partial charge in [-0.1, -0.05) is 18.2 Å². The topological polar surface area (TPSA) is 54.9 Å². The zero-order chi connectivity index (χ0) is 19.7. The van der Waals surface area contributed by atoms with Crippen molar-refractivity contribution in [2.75, 3.05) is 33.9 Å². The van der Waals surface area contributed by atoms with Crippen LogP contribution in [0.2, 0.25) is 0 Å². The van der Waals surface area contributed by atoms with Crippen molar-refractivity contribution in [3.63, 3.8) is 0 Å². The van der Waals surface area contributed by atoms with E-state index in [1.807, 2.05) is 23.1 Å². The Morgan fingerprint density at radius 2 is 1.89 bits per heavy atom. The number of pyridine rings is 1. The minimum Gasteiger partial charge on any atom is -0.497 e. The van der Waals surface area contributed by atoms with Crippen LogP contribution in [-0.4, -0.2) is 54.5 Å². The fourth-order valence-corrected chi connectivity index (χ4v) is 4.79. The minimum atomic E-state index is 0.120. The number of rotatable bonds is 5. The molecule has 0 N–H and O–H groups in total. The van der Waals surface area contributed by atoms with Crippen molar-refractivity contribution in [3.8, 4) is 11.6 Å². The second-order valence-corrected chi connectivity index (χ2v) is 7.68. The molecule has 2 fully saturated rings. The molecule has 2 saturated heterocycles. The van der Waals surface area contributed by atoms with Crippen LogP contribution < -0.4 is 9.47 Å². The third-order valence-corrected chi connectivity index (χ3v) is 6.04. The smallest absolute Gasteiger partial charge is 0.219 e. The molecule has 0 spiro atoms. The molecule has 2 aromatic rings. The Kier molecular flexibility index (Phi) is 5.22. The summed E-state index contributed by atoms with van der Waals surface area (Å²) in [6.07, 6.45) is 1.76. The molecule has 6 nitrogen and oxygen atoms in total. The molecule has 0 saturated carbocycles. The zero-order valence-corrected chi connectivity index (χ0v) is 16.7. The first-order valence-corrected chi connectivity index (χ1v) is 9.72. The quantitative estimate of drug-likeness (QED) is 0.797. The summed E-state index contributed by atoms with van der Waals surface area (Å²) >= 11 is 0. The van der Waals surface area contributed by atoms with E-state index in [4.69, 9.17) is 9.47 Å². The van der Waals surface area contributed by atoms with Gasteiger partial charge in [-0.3, -0.25) is 9.69 Å². The lowest BCUT2D eigenvalue weighted by Crippen LogP contribution is -2.34. The summed E-state index contributed by atoms with van der Waals surface area (Å²) in [4.78, 5) is 21.1. The van der Waals surface area contributed by atoms with Crippen molar-refractivity contribution in [1.82, 2.24) is 14.8 Å². The van der Waals surface area contributed by atoms with Gasteiger partial charge in [0.15, 0.2) is 0 Å². The van der Waals surface area contributed by atoms with E-state index in [1.165, 1.54) is 5.56 Å². The van der Waals surface area contributed by atoms with Crippen LogP contribution in [0.25, 0.3) is 0 Å². The third kappa shape index (κ3) is 3.44. The lowest BCUT2D eigenvalue weighted by Gasteiger charge is -2.29. The van der Waals surface area contributed by atoms with Gasteiger partial charge in [0.2, 0.25) is 11.8 Å². The van der Waals surface area contributed by atoms with Crippen LogP contribution in [0.4, 0.5) is 0 Å². The fraction of sp³-hybridized carbons (Fsp3) is 0.455. The molecule has 0 unspecified atom stereocenters. The number of ether oxygens (including phenoxy) is 2. The van der Waals surface area contributed by atoms with E-state index < -0.39 is 0 Å². The van der Waals surface area contributed by atoms with Gasteiger partial charge in [0.05, 0.1) is 20.3 Å². The van der Waals surface area contributed by atoms with Crippen molar-refractivity contribution in [1.29, 1.82) is 0 Å². The van der Waals surface area contributed by atoms with Crippen LogP contribution >= 0.6 is 0 Å². The molecular formula is C22H27N3O3. The average molecular weight is 381 g/mol. The van der Waals surface area contributed by atoms with Crippen molar-refractivity contribution in [3.05, 3.63) is 53.7 Å². The molecule has 1 aromatic carbocycles. The van der Waals surface area contributed by atoms with Gasteiger partial charge >= 0.3 is 0 Å². The van der Waals surface area contributed by atoms with E-state index in [-0.39, 0.29) is 11.9 Å². The molecule has 2 aliphatic rings. The van der Waals surface area contributed by atoms with Crippen molar-refractivity contribution in [2.45, 2.75) is 19.5 Å². The molecule has 0 radical (unpaired) electrons. The highest BCUT2D eigenvalue weighted by Gasteiger charge is 2.48. The number of methoxy groups -OCH3 is 2. The summed E-state index contributed by atoms with van der Waals surface area (Å²) in [6.45, 7) is 5.26. The molecule has 1 amide bonds. The first kappa shape index (κ1) is 18.7. The van der Waals surface area contributed by atoms with E-state index in [2.05, 4.69) is 28.1 Å². The SMILES string of the molecule is COc1ccc([C@H]2[C@@H]3CN(Cc4cccnc4OC)C[C@@H]3CN2C(C)=O)cc1. The van der Waals surface area contributed by atoms with Crippen LogP contribution in [0.3, 0.4) is 0 Å². The Balaban J connectivity index is 1.54. The van der Waals surface area contributed by atoms with Crippen molar-refractivity contribution in [2.24, 2.45) is 11.8 Å². The van der Waals surface area contributed by atoms with E-state index in [0.717, 1.165) is 37.5 Å². The van der Waals surface area contributed by atoms with Gasteiger partial charge < -0.3 is 14.4 Å². The number of amides is 1. The summed E-state index contributed by atoms with van der Waals surface area (Å²) in [6, 6.07) is 12.3. The van der Waals surface area contributed by atoms with E-state index in [1.54, 1.807) is 27.3 Å². The number of likely N-dealkylation sites (tertiary alicyclic amines) is 2. The summed E-state index contributed by atoms with van der Waals surface area (Å²) in [5, 5.41) is 0. The fourth-order valence-electron chi connectivity index (χ4n) is 4.79. The molecule has 1 aromatic heterocycles. The number of aromatic nitrogens is 1. The summed E-state index contributed by atoms with van der Waals surface area (Å²) in [7, 11) is 3.33. The normalized spacial score (nSPS) is 24.2. The van der Waals surface area contributed by atoms with E-state index in [0.29, 0.717) is 17.7 Å². The molecular weight excluding hydrogens is 354 g/mol. The maximum absolute atomic E-state index is 12.3. The highest BCUT2D eigenvalue weighted by molar-refractivity contribution is 5.74. The van der Waals surface area contributed by atoms with Crippen molar-refractivity contribution >= 4 is 5.91 Å². The second-order valence-electron chi connectivity index (χ2n) is 7.68. The predicted molar refractivity (Wildman–Crippen MR) is 106 cm³/mol.